The highest BCUT2D eigenvalue weighted by Gasteiger charge is 2.30. The minimum atomic E-state index is -0.704. The number of para-hydroxylation sites is 1. The van der Waals surface area contributed by atoms with Gasteiger partial charge in [0.25, 0.3) is 0 Å². The van der Waals surface area contributed by atoms with E-state index in [1.54, 1.807) is 0 Å². The van der Waals surface area contributed by atoms with Crippen LogP contribution in [0.1, 0.15) is 29.4 Å². The van der Waals surface area contributed by atoms with E-state index in [1.807, 2.05) is 60.7 Å². The second kappa shape index (κ2) is 9.78. The Labute approximate surface area is 189 Å². The van der Waals surface area contributed by atoms with E-state index in [1.165, 1.54) is 24.9 Å². The minimum absolute atomic E-state index is 0.0424. The number of hydrogen-bond acceptors (Lipinski definition) is 7. The van der Waals surface area contributed by atoms with E-state index in [4.69, 9.17) is 13.9 Å². The molecule has 1 aliphatic heterocycles. The van der Waals surface area contributed by atoms with E-state index in [-0.39, 0.29) is 18.8 Å². The molecule has 0 spiro atoms. The average Bonchev–Trinajstić information content (AvgIpc) is 2.83. The molecule has 1 atom stereocenters. The molecule has 0 aliphatic carbocycles. The highest BCUT2D eigenvalue weighted by Crippen LogP contribution is 2.38. The molecule has 0 saturated heterocycles. The van der Waals surface area contributed by atoms with Gasteiger partial charge in [-0.2, -0.15) is 0 Å². The highest BCUT2D eigenvalue weighted by molar-refractivity contribution is 7.98. The van der Waals surface area contributed by atoms with Crippen molar-refractivity contribution >= 4 is 23.8 Å². The predicted molar refractivity (Wildman–Crippen MR) is 122 cm³/mol. The van der Waals surface area contributed by atoms with Gasteiger partial charge in [0, 0.05) is 16.5 Å². The van der Waals surface area contributed by atoms with Crippen LogP contribution in [0.15, 0.2) is 80.3 Å². The lowest BCUT2D eigenvalue weighted by atomic mass is 9.89. The van der Waals surface area contributed by atoms with Gasteiger partial charge in [-0.1, -0.05) is 36.4 Å². The van der Waals surface area contributed by atoms with E-state index in [0.29, 0.717) is 17.1 Å². The number of esters is 1. The first-order chi connectivity index (χ1) is 15.5. The molecule has 2 aromatic carbocycles. The molecule has 0 saturated carbocycles. The smallest absolute Gasteiger partial charge is 0.306 e. The summed E-state index contributed by atoms with van der Waals surface area (Å²) >= 11 is 1.51. The number of carbonyl (C=O) groups excluding carboxylic acids is 1. The second-order valence-corrected chi connectivity index (χ2v) is 8.32. The third-order valence-corrected chi connectivity index (χ3v) is 6.18. The van der Waals surface area contributed by atoms with Crippen molar-refractivity contribution in [3.05, 3.63) is 93.5 Å². The molecule has 1 unspecified atom stereocenters. The fraction of sp³-hybridized carbons (Fsp3) is 0.200. The summed E-state index contributed by atoms with van der Waals surface area (Å²) < 4.78 is 16.7. The number of carbonyl (C=O) groups is 1. The number of hydrogen-bond donors (Lipinski definition) is 1. The zero-order valence-corrected chi connectivity index (χ0v) is 18.3. The van der Waals surface area contributed by atoms with Crippen molar-refractivity contribution in [1.29, 1.82) is 0 Å². The van der Waals surface area contributed by atoms with Crippen molar-refractivity contribution in [2.75, 3.05) is 13.7 Å². The Morgan fingerprint density at radius 1 is 1.16 bits per heavy atom. The van der Waals surface area contributed by atoms with E-state index >= 15 is 0 Å². The number of thioether (sulfide) groups is 1. The normalized spacial score (nSPS) is 13.5. The number of aromatic hydroxyl groups is 1. The van der Waals surface area contributed by atoms with Crippen molar-refractivity contribution < 1.29 is 23.8 Å². The lowest BCUT2D eigenvalue weighted by Gasteiger charge is -2.24. The van der Waals surface area contributed by atoms with Crippen molar-refractivity contribution in [2.45, 2.75) is 23.0 Å². The largest absolute Gasteiger partial charge is 0.502 e. The van der Waals surface area contributed by atoms with Crippen LogP contribution in [0, 0.1) is 0 Å². The fourth-order valence-corrected chi connectivity index (χ4v) is 4.31. The Kier molecular flexibility index (Phi) is 6.66. The molecule has 7 heteroatoms. The first kappa shape index (κ1) is 21.8. The Bertz CT molecular complexity index is 1200. The van der Waals surface area contributed by atoms with Crippen molar-refractivity contribution in [2.24, 2.45) is 0 Å². The molecule has 0 amide bonds. The summed E-state index contributed by atoms with van der Waals surface area (Å²) in [4.78, 5) is 25.7. The maximum Gasteiger partial charge on any atom is 0.306 e. The predicted octanol–water partition coefficient (Wildman–Crippen LogP) is 4.76. The van der Waals surface area contributed by atoms with Crippen LogP contribution in [0.25, 0.3) is 6.08 Å². The molecule has 32 heavy (non-hydrogen) atoms. The lowest BCUT2D eigenvalue weighted by Crippen LogP contribution is -2.19. The fourth-order valence-electron chi connectivity index (χ4n) is 3.51. The number of benzene rings is 2. The molecule has 0 radical (unpaired) electrons. The van der Waals surface area contributed by atoms with Gasteiger partial charge in [0.15, 0.2) is 5.76 Å². The van der Waals surface area contributed by atoms with E-state index < -0.39 is 23.1 Å². The maximum absolute atomic E-state index is 12.5. The van der Waals surface area contributed by atoms with Crippen LogP contribution < -0.4 is 10.2 Å². The summed E-state index contributed by atoms with van der Waals surface area (Å²) in [5, 5.41) is 10.6. The van der Waals surface area contributed by atoms with Crippen LogP contribution in [0.3, 0.4) is 0 Å². The quantitative estimate of drug-likeness (QED) is 0.410. The Morgan fingerprint density at radius 3 is 2.69 bits per heavy atom. The zero-order valence-electron chi connectivity index (χ0n) is 17.4. The minimum Gasteiger partial charge on any atom is -0.502 e. The van der Waals surface area contributed by atoms with Crippen LogP contribution in [0.4, 0.5) is 0 Å². The number of ether oxygens (including phenoxy) is 2. The van der Waals surface area contributed by atoms with Gasteiger partial charge in [0.1, 0.15) is 18.1 Å². The number of methoxy groups -OCH3 is 1. The first-order valence-corrected chi connectivity index (χ1v) is 11.1. The van der Waals surface area contributed by atoms with Crippen LogP contribution >= 0.6 is 11.8 Å². The third kappa shape index (κ3) is 4.89. The third-order valence-electron chi connectivity index (χ3n) is 5.14. The van der Waals surface area contributed by atoms with Gasteiger partial charge in [-0.3, -0.25) is 9.59 Å². The summed E-state index contributed by atoms with van der Waals surface area (Å²) in [6.07, 6.45) is 1.80. The number of rotatable bonds is 7. The van der Waals surface area contributed by atoms with Crippen molar-refractivity contribution in [1.82, 2.24) is 0 Å². The van der Waals surface area contributed by atoms with Crippen molar-refractivity contribution in [3.63, 3.8) is 0 Å². The van der Waals surface area contributed by atoms with Gasteiger partial charge in [-0.05, 0) is 29.8 Å². The van der Waals surface area contributed by atoms with Gasteiger partial charge in [0.05, 0.1) is 25.2 Å². The van der Waals surface area contributed by atoms with E-state index in [0.717, 1.165) is 16.2 Å². The Hall–Kier alpha value is -3.45. The molecule has 0 fully saturated rings. The van der Waals surface area contributed by atoms with E-state index in [9.17, 15) is 14.7 Å². The summed E-state index contributed by atoms with van der Waals surface area (Å²) in [6.45, 7) is 0.199. The first-order valence-electron chi connectivity index (χ1n) is 10.1. The van der Waals surface area contributed by atoms with Crippen molar-refractivity contribution in [3.8, 4) is 11.5 Å². The zero-order chi connectivity index (χ0) is 22.5. The molecular weight excluding hydrogens is 428 g/mol. The molecular formula is C25H22O6S. The Balaban J connectivity index is 1.70. The summed E-state index contributed by atoms with van der Waals surface area (Å²) in [6, 6.07) is 18.5. The molecule has 6 nitrogen and oxygen atoms in total. The van der Waals surface area contributed by atoms with Gasteiger partial charge >= 0.3 is 5.97 Å². The topological polar surface area (TPSA) is 86.0 Å². The van der Waals surface area contributed by atoms with Gasteiger partial charge in [0.2, 0.25) is 11.2 Å². The molecule has 164 valence electrons. The highest BCUT2D eigenvalue weighted by atomic mass is 32.2. The summed E-state index contributed by atoms with van der Waals surface area (Å²) in [7, 11) is 1.30. The molecule has 1 N–H and O–H groups in total. The molecule has 2 heterocycles. The van der Waals surface area contributed by atoms with E-state index in [2.05, 4.69) is 0 Å². The maximum atomic E-state index is 12.5. The molecule has 4 rings (SSSR count). The van der Waals surface area contributed by atoms with Crippen LogP contribution in [0.2, 0.25) is 0 Å². The second-order valence-electron chi connectivity index (χ2n) is 7.27. The summed E-state index contributed by atoms with van der Waals surface area (Å²) in [5.41, 5.74) is 1.00. The van der Waals surface area contributed by atoms with Gasteiger partial charge in [-0.25, -0.2) is 0 Å². The van der Waals surface area contributed by atoms with Gasteiger partial charge in [-0.15, -0.1) is 11.8 Å². The average molecular weight is 451 g/mol. The summed E-state index contributed by atoms with van der Waals surface area (Å²) in [5.74, 6) is -0.120. The molecule has 1 aliphatic rings. The lowest BCUT2D eigenvalue weighted by molar-refractivity contribution is -0.141. The molecule has 1 aromatic heterocycles. The van der Waals surface area contributed by atoms with Crippen LogP contribution in [-0.4, -0.2) is 24.8 Å². The Morgan fingerprint density at radius 2 is 1.91 bits per heavy atom. The monoisotopic (exact) mass is 450 g/mol. The SMILES string of the molecule is COC(=O)CC(C1=Cc2ccccc2OC1)c1oc(CSc2ccccc2)cc(=O)c1O. The van der Waals surface area contributed by atoms with Crippen LogP contribution in [0.5, 0.6) is 11.5 Å². The molecule has 3 aromatic rings. The standard InChI is InChI=1S/C25H22O6S/c1-29-23(27)13-20(17-11-16-7-5-6-10-22(16)30-14-17)25-24(28)21(26)12-18(31-25)15-32-19-8-3-2-4-9-19/h2-12,20,28H,13-15H2,1H3. The van der Waals surface area contributed by atoms with Crippen LogP contribution in [-0.2, 0) is 15.3 Å². The van der Waals surface area contributed by atoms with Gasteiger partial charge < -0.3 is 19.0 Å². The molecule has 0 bridgehead atoms. The number of fused-ring (bicyclic) bond motifs is 1.